The summed E-state index contributed by atoms with van der Waals surface area (Å²) in [5, 5.41) is 9.72. The van der Waals surface area contributed by atoms with Crippen LogP contribution in [0.5, 0.6) is 5.75 Å². The highest BCUT2D eigenvalue weighted by Crippen LogP contribution is 2.46. The average Bonchev–Trinajstić information content (AvgIpc) is 2.84. The SMILES string of the molecule is CCC1CCC(Cc2cc(Br)ccc2OC)(C(=O)O)C1. The van der Waals surface area contributed by atoms with Gasteiger partial charge in [-0.1, -0.05) is 29.3 Å². The molecule has 1 N–H and O–H groups in total. The van der Waals surface area contributed by atoms with Crippen LogP contribution in [0.25, 0.3) is 0 Å². The van der Waals surface area contributed by atoms with E-state index in [0.717, 1.165) is 41.5 Å². The third-order valence-corrected chi connectivity index (χ3v) is 5.01. The van der Waals surface area contributed by atoms with Crippen LogP contribution in [0.3, 0.4) is 0 Å². The largest absolute Gasteiger partial charge is 0.496 e. The number of carbonyl (C=O) groups is 1. The molecule has 3 nitrogen and oxygen atoms in total. The molecule has 0 amide bonds. The fourth-order valence-electron chi connectivity index (χ4n) is 3.27. The van der Waals surface area contributed by atoms with Crippen LogP contribution in [-0.2, 0) is 11.2 Å². The van der Waals surface area contributed by atoms with E-state index in [1.54, 1.807) is 7.11 Å². The summed E-state index contributed by atoms with van der Waals surface area (Å²) in [6.45, 7) is 2.14. The van der Waals surface area contributed by atoms with Gasteiger partial charge in [0, 0.05) is 4.47 Å². The zero-order chi connectivity index (χ0) is 14.8. The number of halogens is 1. The van der Waals surface area contributed by atoms with E-state index >= 15 is 0 Å². The van der Waals surface area contributed by atoms with Gasteiger partial charge in [0.05, 0.1) is 12.5 Å². The summed E-state index contributed by atoms with van der Waals surface area (Å²) >= 11 is 3.45. The molecule has 1 aliphatic carbocycles. The number of hydrogen-bond acceptors (Lipinski definition) is 2. The van der Waals surface area contributed by atoms with Crippen LogP contribution < -0.4 is 4.74 Å². The Hall–Kier alpha value is -1.03. The van der Waals surface area contributed by atoms with E-state index in [1.165, 1.54) is 0 Å². The van der Waals surface area contributed by atoms with Gasteiger partial charge >= 0.3 is 5.97 Å². The summed E-state index contributed by atoms with van der Waals surface area (Å²) < 4.78 is 6.33. The highest BCUT2D eigenvalue weighted by molar-refractivity contribution is 9.10. The van der Waals surface area contributed by atoms with Crippen LogP contribution in [0.1, 0.15) is 38.2 Å². The summed E-state index contributed by atoms with van der Waals surface area (Å²) in [4.78, 5) is 11.8. The molecule has 20 heavy (non-hydrogen) atoms. The van der Waals surface area contributed by atoms with Crippen LogP contribution in [0.15, 0.2) is 22.7 Å². The first-order valence-corrected chi connectivity index (χ1v) is 7.86. The summed E-state index contributed by atoms with van der Waals surface area (Å²) in [5.41, 5.74) is 0.343. The molecule has 0 spiro atoms. The number of hydrogen-bond donors (Lipinski definition) is 1. The Balaban J connectivity index is 2.30. The number of aliphatic carboxylic acids is 1. The Morgan fingerprint density at radius 1 is 1.55 bits per heavy atom. The summed E-state index contributed by atoms with van der Waals surface area (Å²) in [6.07, 6.45) is 4.15. The van der Waals surface area contributed by atoms with Crippen molar-refractivity contribution in [3.05, 3.63) is 28.2 Å². The molecule has 0 aromatic heterocycles. The fourth-order valence-corrected chi connectivity index (χ4v) is 3.67. The minimum Gasteiger partial charge on any atom is -0.496 e. The third kappa shape index (κ3) is 3.00. The number of methoxy groups -OCH3 is 1. The first-order chi connectivity index (χ1) is 9.50. The summed E-state index contributed by atoms with van der Waals surface area (Å²) in [6, 6.07) is 5.78. The molecule has 2 rings (SSSR count). The van der Waals surface area contributed by atoms with Crippen molar-refractivity contribution in [3.63, 3.8) is 0 Å². The lowest BCUT2D eigenvalue weighted by Gasteiger charge is -2.25. The van der Waals surface area contributed by atoms with Crippen LogP contribution in [0, 0.1) is 11.3 Å². The van der Waals surface area contributed by atoms with Crippen LogP contribution in [-0.4, -0.2) is 18.2 Å². The lowest BCUT2D eigenvalue weighted by atomic mass is 9.79. The van der Waals surface area contributed by atoms with Gasteiger partial charge in [0.25, 0.3) is 0 Å². The van der Waals surface area contributed by atoms with Gasteiger partial charge in [0.1, 0.15) is 5.75 Å². The zero-order valence-corrected chi connectivity index (χ0v) is 13.6. The molecule has 110 valence electrons. The Kier molecular flexibility index (Phi) is 4.74. The van der Waals surface area contributed by atoms with Gasteiger partial charge in [-0.05, 0) is 55.4 Å². The smallest absolute Gasteiger partial charge is 0.309 e. The molecule has 0 radical (unpaired) electrons. The van der Waals surface area contributed by atoms with Gasteiger partial charge < -0.3 is 9.84 Å². The molecular weight excluding hydrogens is 320 g/mol. The van der Waals surface area contributed by atoms with Crippen molar-refractivity contribution in [2.24, 2.45) is 11.3 Å². The van der Waals surface area contributed by atoms with Crippen molar-refractivity contribution in [1.29, 1.82) is 0 Å². The Labute approximate surface area is 128 Å². The summed E-state index contributed by atoms with van der Waals surface area (Å²) in [7, 11) is 1.63. The van der Waals surface area contributed by atoms with Gasteiger partial charge in [-0.2, -0.15) is 0 Å². The monoisotopic (exact) mass is 340 g/mol. The minimum atomic E-state index is -0.671. The molecule has 1 fully saturated rings. The Bertz CT molecular complexity index is 500. The molecule has 1 aromatic carbocycles. The minimum absolute atomic E-state index is 0.532. The quantitative estimate of drug-likeness (QED) is 0.869. The topological polar surface area (TPSA) is 46.5 Å². The van der Waals surface area contributed by atoms with Gasteiger partial charge in [-0.25, -0.2) is 0 Å². The lowest BCUT2D eigenvalue weighted by Crippen LogP contribution is -2.31. The average molecular weight is 341 g/mol. The number of carboxylic acids is 1. The predicted molar refractivity (Wildman–Crippen MR) is 82.1 cm³/mol. The van der Waals surface area contributed by atoms with E-state index in [9.17, 15) is 9.90 Å². The fraction of sp³-hybridized carbons (Fsp3) is 0.562. The van der Waals surface area contributed by atoms with Crippen LogP contribution in [0.2, 0.25) is 0 Å². The van der Waals surface area contributed by atoms with E-state index in [0.29, 0.717) is 12.3 Å². The number of carboxylic acid groups (broad SMARTS) is 1. The molecular formula is C16H21BrO3. The molecule has 0 aliphatic heterocycles. The second kappa shape index (κ2) is 6.17. The second-order valence-electron chi connectivity index (χ2n) is 5.74. The van der Waals surface area contributed by atoms with Crippen LogP contribution >= 0.6 is 15.9 Å². The van der Waals surface area contributed by atoms with Crippen molar-refractivity contribution < 1.29 is 14.6 Å². The molecule has 2 atom stereocenters. The predicted octanol–water partition coefficient (Wildman–Crippen LogP) is 4.28. The number of benzene rings is 1. The maximum absolute atomic E-state index is 11.8. The highest BCUT2D eigenvalue weighted by Gasteiger charge is 2.45. The zero-order valence-electron chi connectivity index (χ0n) is 12.0. The van der Waals surface area contributed by atoms with Crippen molar-refractivity contribution in [2.75, 3.05) is 7.11 Å². The van der Waals surface area contributed by atoms with E-state index < -0.39 is 11.4 Å². The van der Waals surface area contributed by atoms with E-state index in [4.69, 9.17) is 4.74 Å². The van der Waals surface area contributed by atoms with Gasteiger partial charge in [-0.15, -0.1) is 0 Å². The lowest BCUT2D eigenvalue weighted by molar-refractivity contribution is -0.148. The van der Waals surface area contributed by atoms with Crippen molar-refractivity contribution in [3.8, 4) is 5.75 Å². The molecule has 0 heterocycles. The second-order valence-corrected chi connectivity index (χ2v) is 6.65. The van der Waals surface area contributed by atoms with E-state index in [2.05, 4.69) is 22.9 Å². The molecule has 1 aliphatic rings. The first kappa shape index (κ1) is 15.4. The maximum atomic E-state index is 11.8. The van der Waals surface area contributed by atoms with Gasteiger partial charge in [0.2, 0.25) is 0 Å². The first-order valence-electron chi connectivity index (χ1n) is 7.06. The van der Waals surface area contributed by atoms with Crippen molar-refractivity contribution >= 4 is 21.9 Å². The Morgan fingerprint density at radius 3 is 2.85 bits per heavy atom. The molecule has 0 bridgehead atoms. The third-order valence-electron chi connectivity index (χ3n) is 4.51. The van der Waals surface area contributed by atoms with Gasteiger partial charge in [0.15, 0.2) is 0 Å². The standard InChI is InChI=1S/C16H21BrO3/c1-3-11-6-7-16(9-11,15(18)19)10-12-8-13(17)4-5-14(12)20-2/h4-5,8,11H,3,6-7,9-10H2,1-2H3,(H,18,19). The van der Waals surface area contributed by atoms with E-state index in [-0.39, 0.29) is 0 Å². The molecule has 4 heteroatoms. The van der Waals surface area contributed by atoms with E-state index in [1.807, 2.05) is 18.2 Å². The molecule has 1 aromatic rings. The normalized spacial score (nSPS) is 25.6. The molecule has 2 unspecified atom stereocenters. The van der Waals surface area contributed by atoms with Crippen molar-refractivity contribution in [1.82, 2.24) is 0 Å². The molecule has 1 saturated carbocycles. The number of ether oxygens (including phenoxy) is 1. The Morgan fingerprint density at radius 2 is 2.30 bits per heavy atom. The van der Waals surface area contributed by atoms with Crippen molar-refractivity contribution in [2.45, 2.75) is 39.0 Å². The molecule has 0 saturated heterocycles. The summed E-state index contributed by atoms with van der Waals surface area (Å²) in [5.74, 6) is 0.633. The van der Waals surface area contributed by atoms with Gasteiger partial charge in [-0.3, -0.25) is 4.79 Å². The van der Waals surface area contributed by atoms with Crippen LogP contribution in [0.4, 0.5) is 0 Å². The number of rotatable bonds is 5. The highest BCUT2D eigenvalue weighted by atomic mass is 79.9. The maximum Gasteiger partial charge on any atom is 0.309 e.